The first-order valence-electron chi connectivity index (χ1n) is 8.62. The number of anilines is 2. The second kappa shape index (κ2) is 7.77. The largest absolute Gasteiger partial charge is 0.286 e. The lowest BCUT2D eigenvalue weighted by Gasteiger charge is -2.37. The molecule has 0 aliphatic carbocycles. The van der Waals surface area contributed by atoms with Gasteiger partial charge in [-0.15, -0.1) is 5.53 Å². The Balaban J connectivity index is 1.71. The van der Waals surface area contributed by atoms with Crippen LogP contribution in [0, 0.1) is 0 Å². The second-order valence-corrected chi connectivity index (χ2v) is 6.77. The molecule has 130 valence electrons. The normalized spacial score (nSPS) is 14.3. The molecule has 4 rings (SSSR count). The van der Waals surface area contributed by atoms with Crippen molar-refractivity contribution in [1.29, 1.82) is 0 Å². The molecule has 1 heterocycles. The standard InChI is InChI=1S/C22H20BrN3/c23-15-18-11-13-22(14-12-18)26-17-20(19-7-3-1-4-8-19)16-25(24-26)21-9-5-2-6-10-21/h1-14,17,24H,15-16H2. The molecule has 0 atom stereocenters. The minimum atomic E-state index is 0.796. The molecule has 3 aromatic carbocycles. The van der Waals surface area contributed by atoms with E-state index in [9.17, 15) is 0 Å². The molecule has 26 heavy (non-hydrogen) atoms. The van der Waals surface area contributed by atoms with E-state index in [0.29, 0.717) is 0 Å². The van der Waals surface area contributed by atoms with Crippen LogP contribution in [0.1, 0.15) is 11.1 Å². The monoisotopic (exact) mass is 405 g/mol. The fraction of sp³-hybridized carbons (Fsp3) is 0.0909. The van der Waals surface area contributed by atoms with Crippen molar-refractivity contribution in [3.8, 4) is 0 Å². The lowest BCUT2D eigenvalue weighted by molar-refractivity contribution is 0.645. The maximum Gasteiger partial charge on any atom is 0.0633 e. The first kappa shape index (κ1) is 16.9. The third kappa shape index (κ3) is 3.66. The van der Waals surface area contributed by atoms with Gasteiger partial charge in [-0.2, -0.15) is 0 Å². The summed E-state index contributed by atoms with van der Waals surface area (Å²) in [5.41, 5.74) is 9.49. The number of rotatable bonds is 4. The summed E-state index contributed by atoms with van der Waals surface area (Å²) in [7, 11) is 0. The summed E-state index contributed by atoms with van der Waals surface area (Å²) in [6, 6.07) is 29.5. The van der Waals surface area contributed by atoms with Crippen LogP contribution in [-0.2, 0) is 5.33 Å². The average Bonchev–Trinajstić information content (AvgIpc) is 2.75. The van der Waals surface area contributed by atoms with Crippen molar-refractivity contribution in [2.45, 2.75) is 5.33 Å². The number of nitrogens with one attached hydrogen (secondary N) is 1. The molecule has 0 amide bonds. The van der Waals surface area contributed by atoms with Crippen LogP contribution in [0.3, 0.4) is 0 Å². The first-order chi connectivity index (χ1) is 12.8. The van der Waals surface area contributed by atoms with Crippen LogP contribution >= 0.6 is 15.9 Å². The summed E-state index contributed by atoms with van der Waals surface area (Å²) in [5, 5.41) is 5.11. The molecule has 1 N–H and O–H groups in total. The Bertz CT molecular complexity index is 876. The van der Waals surface area contributed by atoms with E-state index < -0.39 is 0 Å². The maximum absolute atomic E-state index is 3.51. The number of benzene rings is 3. The third-order valence-electron chi connectivity index (χ3n) is 4.42. The average molecular weight is 406 g/mol. The molecule has 0 bridgehead atoms. The Labute approximate surface area is 162 Å². The Hall–Kier alpha value is -2.56. The van der Waals surface area contributed by atoms with Gasteiger partial charge in [-0.05, 0) is 41.0 Å². The summed E-state index contributed by atoms with van der Waals surface area (Å²) in [4.78, 5) is 0. The zero-order chi connectivity index (χ0) is 17.8. The molecule has 4 heteroatoms. The van der Waals surface area contributed by atoms with Crippen LogP contribution in [0.25, 0.3) is 5.57 Å². The van der Waals surface area contributed by atoms with Crippen LogP contribution in [0.2, 0.25) is 0 Å². The van der Waals surface area contributed by atoms with Crippen molar-refractivity contribution in [3.63, 3.8) is 0 Å². The molecule has 0 saturated carbocycles. The van der Waals surface area contributed by atoms with Crippen molar-refractivity contribution in [2.75, 3.05) is 16.6 Å². The van der Waals surface area contributed by atoms with Crippen LogP contribution in [0.4, 0.5) is 11.4 Å². The summed E-state index contributed by atoms with van der Waals surface area (Å²) in [5.74, 6) is 0. The summed E-state index contributed by atoms with van der Waals surface area (Å²) < 4.78 is 0. The van der Waals surface area contributed by atoms with Crippen LogP contribution in [0.15, 0.2) is 91.1 Å². The molecule has 3 aromatic rings. The quantitative estimate of drug-likeness (QED) is 0.588. The van der Waals surface area contributed by atoms with Gasteiger partial charge in [0, 0.05) is 11.5 Å². The Morgan fingerprint density at radius 2 is 1.42 bits per heavy atom. The van der Waals surface area contributed by atoms with Crippen LogP contribution in [0.5, 0.6) is 0 Å². The highest BCUT2D eigenvalue weighted by atomic mass is 79.9. The Morgan fingerprint density at radius 1 is 0.769 bits per heavy atom. The summed E-state index contributed by atoms with van der Waals surface area (Å²) in [6.07, 6.45) is 2.18. The lowest BCUT2D eigenvalue weighted by atomic mass is 10.1. The highest BCUT2D eigenvalue weighted by Crippen LogP contribution is 2.26. The molecular weight excluding hydrogens is 386 g/mol. The van der Waals surface area contributed by atoms with E-state index in [-0.39, 0.29) is 0 Å². The number of nitrogens with zero attached hydrogens (tertiary/aromatic N) is 2. The SMILES string of the molecule is BrCc1ccc(N2C=C(c3ccccc3)CN(c3ccccc3)N2)cc1. The lowest BCUT2D eigenvalue weighted by Crippen LogP contribution is -2.52. The minimum Gasteiger partial charge on any atom is -0.286 e. The van der Waals surface area contributed by atoms with E-state index in [1.165, 1.54) is 16.7 Å². The zero-order valence-corrected chi connectivity index (χ0v) is 15.9. The number of hydrogen-bond donors (Lipinski definition) is 1. The minimum absolute atomic E-state index is 0.796. The smallest absolute Gasteiger partial charge is 0.0633 e. The molecule has 1 aliphatic heterocycles. The van der Waals surface area contributed by atoms with Crippen molar-refractivity contribution in [2.24, 2.45) is 0 Å². The molecule has 0 aromatic heterocycles. The predicted molar refractivity (Wildman–Crippen MR) is 113 cm³/mol. The van der Waals surface area contributed by atoms with E-state index in [2.05, 4.69) is 117 Å². The van der Waals surface area contributed by atoms with Gasteiger partial charge in [0.2, 0.25) is 0 Å². The molecule has 0 spiro atoms. The number of hydrazine groups is 2. The summed E-state index contributed by atoms with van der Waals surface area (Å²) in [6.45, 7) is 0.796. The van der Waals surface area contributed by atoms with Crippen molar-refractivity contribution < 1.29 is 0 Å². The van der Waals surface area contributed by atoms with Crippen molar-refractivity contribution >= 4 is 32.9 Å². The van der Waals surface area contributed by atoms with Crippen molar-refractivity contribution in [1.82, 2.24) is 5.53 Å². The van der Waals surface area contributed by atoms with Crippen LogP contribution < -0.4 is 15.6 Å². The molecule has 0 fully saturated rings. The maximum atomic E-state index is 3.51. The molecule has 1 aliphatic rings. The topological polar surface area (TPSA) is 18.5 Å². The molecule has 3 nitrogen and oxygen atoms in total. The second-order valence-electron chi connectivity index (χ2n) is 6.21. The van der Waals surface area contributed by atoms with Gasteiger partial charge in [-0.25, -0.2) is 0 Å². The fourth-order valence-corrected chi connectivity index (χ4v) is 3.39. The molecule has 0 unspecified atom stereocenters. The third-order valence-corrected chi connectivity index (χ3v) is 5.07. The molecular formula is C22H20BrN3. The molecule has 0 saturated heterocycles. The zero-order valence-electron chi connectivity index (χ0n) is 14.3. The van der Waals surface area contributed by atoms with Gasteiger partial charge in [0.15, 0.2) is 0 Å². The van der Waals surface area contributed by atoms with Gasteiger partial charge in [-0.3, -0.25) is 10.0 Å². The Kier molecular flexibility index (Phi) is 5.04. The number of para-hydroxylation sites is 1. The molecule has 0 radical (unpaired) electrons. The van der Waals surface area contributed by atoms with Crippen molar-refractivity contribution in [3.05, 3.63) is 102 Å². The van der Waals surface area contributed by atoms with E-state index >= 15 is 0 Å². The van der Waals surface area contributed by atoms with Gasteiger partial charge in [-0.1, -0.05) is 76.6 Å². The fourth-order valence-electron chi connectivity index (χ4n) is 3.01. The number of halogens is 1. The number of alkyl halides is 1. The van der Waals surface area contributed by atoms with E-state index in [1.54, 1.807) is 0 Å². The summed E-state index contributed by atoms with van der Waals surface area (Å²) >= 11 is 3.51. The van der Waals surface area contributed by atoms with Gasteiger partial charge in [0.05, 0.1) is 17.9 Å². The first-order valence-corrected chi connectivity index (χ1v) is 9.75. The van der Waals surface area contributed by atoms with Gasteiger partial charge >= 0.3 is 0 Å². The van der Waals surface area contributed by atoms with Gasteiger partial charge < -0.3 is 0 Å². The number of hydrogen-bond acceptors (Lipinski definition) is 3. The van der Waals surface area contributed by atoms with E-state index in [1.807, 2.05) is 6.07 Å². The highest BCUT2D eigenvalue weighted by Gasteiger charge is 2.20. The van der Waals surface area contributed by atoms with Gasteiger partial charge in [0.25, 0.3) is 0 Å². The van der Waals surface area contributed by atoms with E-state index in [0.717, 1.165) is 23.2 Å². The van der Waals surface area contributed by atoms with Gasteiger partial charge in [0.1, 0.15) is 0 Å². The highest BCUT2D eigenvalue weighted by molar-refractivity contribution is 9.08. The van der Waals surface area contributed by atoms with E-state index in [4.69, 9.17) is 0 Å². The van der Waals surface area contributed by atoms with Crippen LogP contribution in [-0.4, -0.2) is 6.54 Å². The predicted octanol–water partition coefficient (Wildman–Crippen LogP) is 5.37. The Morgan fingerprint density at radius 3 is 2.08 bits per heavy atom.